The van der Waals surface area contributed by atoms with E-state index in [9.17, 15) is 4.79 Å². The molecule has 4 nitrogen and oxygen atoms in total. The van der Waals surface area contributed by atoms with Crippen molar-refractivity contribution >= 4 is 29.3 Å². The van der Waals surface area contributed by atoms with E-state index in [0.29, 0.717) is 15.6 Å². The van der Waals surface area contributed by atoms with Gasteiger partial charge in [0, 0.05) is 23.5 Å². The first-order chi connectivity index (χ1) is 12.6. The van der Waals surface area contributed by atoms with Gasteiger partial charge in [0.05, 0.1) is 10.0 Å². The molecule has 0 bridgehead atoms. The van der Waals surface area contributed by atoms with Crippen molar-refractivity contribution in [3.05, 3.63) is 88.2 Å². The number of pyridine rings is 1. The predicted octanol–water partition coefficient (Wildman–Crippen LogP) is 5.58. The van der Waals surface area contributed by atoms with Gasteiger partial charge in [-0.1, -0.05) is 65.7 Å². The molecule has 1 aliphatic rings. The van der Waals surface area contributed by atoms with Gasteiger partial charge in [0.25, 0.3) is 0 Å². The molecule has 2 aromatic carbocycles. The van der Waals surface area contributed by atoms with Crippen molar-refractivity contribution in [1.82, 2.24) is 10.3 Å². The molecular weight excluding hydrogens is 371 g/mol. The van der Waals surface area contributed by atoms with Gasteiger partial charge in [0.1, 0.15) is 6.04 Å². The SMILES string of the molecule is O=C1N[C@H](c2cncc(-c3ccccc3)c2)[C@H](c2cccc(Cl)c2Cl)O1. The summed E-state index contributed by atoms with van der Waals surface area (Å²) in [5, 5.41) is 3.64. The first-order valence-electron chi connectivity index (χ1n) is 8.05. The minimum Gasteiger partial charge on any atom is -0.439 e. The number of nitrogens with one attached hydrogen (secondary N) is 1. The summed E-state index contributed by atoms with van der Waals surface area (Å²) in [6.07, 6.45) is 2.43. The van der Waals surface area contributed by atoms with E-state index in [-0.39, 0.29) is 0 Å². The second kappa shape index (κ2) is 6.98. The number of cyclic esters (lactones) is 1. The molecule has 1 N–H and O–H groups in total. The van der Waals surface area contributed by atoms with Crippen LogP contribution >= 0.6 is 23.2 Å². The first kappa shape index (κ1) is 16.9. The summed E-state index contributed by atoms with van der Waals surface area (Å²) in [5.74, 6) is 0. The maximum atomic E-state index is 11.9. The zero-order valence-corrected chi connectivity index (χ0v) is 15.0. The fourth-order valence-corrected chi connectivity index (χ4v) is 3.49. The van der Waals surface area contributed by atoms with Gasteiger partial charge in [-0.3, -0.25) is 4.98 Å². The molecule has 0 spiro atoms. The molecular formula is C20H14Cl2N2O2. The molecule has 1 saturated heterocycles. The van der Waals surface area contributed by atoms with E-state index < -0.39 is 18.2 Å². The van der Waals surface area contributed by atoms with Gasteiger partial charge in [-0.2, -0.15) is 0 Å². The van der Waals surface area contributed by atoms with Crippen molar-refractivity contribution in [2.45, 2.75) is 12.1 Å². The summed E-state index contributed by atoms with van der Waals surface area (Å²) in [5.41, 5.74) is 3.50. The number of ether oxygens (including phenoxy) is 1. The predicted molar refractivity (Wildman–Crippen MR) is 101 cm³/mol. The third-order valence-electron chi connectivity index (χ3n) is 4.32. The largest absolute Gasteiger partial charge is 0.439 e. The molecule has 6 heteroatoms. The summed E-state index contributed by atoms with van der Waals surface area (Å²) >= 11 is 12.5. The highest BCUT2D eigenvalue weighted by Gasteiger charge is 2.38. The van der Waals surface area contributed by atoms with E-state index >= 15 is 0 Å². The van der Waals surface area contributed by atoms with Crippen LogP contribution in [0.4, 0.5) is 4.79 Å². The molecule has 4 rings (SSSR count). The van der Waals surface area contributed by atoms with Crippen LogP contribution in [-0.2, 0) is 4.74 Å². The van der Waals surface area contributed by atoms with Crippen LogP contribution in [0.3, 0.4) is 0 Å². The van der Waals surface area contributed by atoms with Gasteiger partial charge in [0.15, 0.2) is 6.10 Å². The second-order valence-electron chi connectivity index (χ2n) is 5.96. The Morgan fingerprint density at radius 3 is 2.58 bits per heavy atom. The monoisotopic (exact) mass is 384 g/mol. The quantitative estimate of drug-likeness (QED) is 0.641. The zero-order chi connectivity index (χ0) is 18.1. The van der Waals surface area contributed by atoms with E-state index in [1.165, 1.54) is 0 Å². The molecule has 0 unspecified atom stereocenters. The Labute approximate surface area is 160 Å². The van der Waals surface area contributed by atoms with Crippen LogP contribution in [0.2, 0.25) is 10.0 Å². The first-order valence-corrected chi connectivity index (χ1v) is 8.80. The van der Waals surface area contributed by atoms with Crippen LogP contribution < -0.4 is 5.32 Å². The summed E-state index contributed by atoms with van der Waals surface area (Å²) in [7, 11) is 0. The summed E-state index contributed by atoms with van der Waals surface area (Å²) in [6.45, 7) is 0. The van der Waals surface area contributed by atoms with Crippen molar-refractivity contribution in [3.63, 3.8) is 0 Å². The highest BCUT2D eigenvalue weighted by Crippen LogP contribution is 2.41. The molecule has 130 valence electrons. The van der Waals surface area contributed by atoms with Gasteiger partial charge in [-0.25, -0.2) is 4.79 Å². The Morgan fingerprint density at radius 2 is 1.77 bits per heavy atom. The molecule has 2 heterocycles. The van der Waals surface area contributed by atoms with E-state index in [1.54, 1.807) is 30.6 Å². The zero-order valence-electron chi connectivity index (χ0n) is 13.5. The molecule has 2 atom stereocenters. The summed E-state index contributed by atoms with van der Waals surface area (Å²) < 4.78 is 5.47. The molecule has 1 aromatic heterocycles. The lowest BCUT2D eigenvalue weighted by molar-refractivity contribution is 0.132. The van der Waals surface area contributed by atoms with Crippen molar-refractivity contribution in [1.29, 1.82) is 0 Å². The number of hydrogen-bond donors (Lipinski definition) is 1. The molecule has 1 fully saturated rings. The number of carbonyl (C=O) groups is 1. The molecule has 1 amide bonds. The highest BCUT2D eigenvalue weighted by atomic mass is 35.5. The molecule has 0 radical (unpaired) electrons. The van der Waals surface area contributed by atoms with Crippen LogP contribution in [0, 0.1) is 0 Å². The van der Waals surface area contributed by atoms with Crippen LogP contribution in [0.5, 0.6) is 0 Å². The molecule has 0 aliphatic carbocycles. The minimum absolute atomic E-state index is 0.382. The smallest absolute Gasteiger partial charge is 0.408 e. The van der Waals surface area contributed by atoms with Crippen LogP contribution in [-0.4, -0.2) is 11.1 Å². The molecule has 26 heavy (non-hydrogen) atoms. The Kier molecular flexibility index (Phi) is 4.53. The average molecular weight is 385 g/mol. The fraction of sp³-hybridized carbons (Fsp3) is 0.100. The van der Waals surface area contributed by atoms with Gasteiger partial charge < -0.3 is 10.1 Å². The normalized spacial score (nSPS) is 19.1. The Balaban J connectivity index is 1.74. The number of nitrogens with zero attached hydrogens (tertiary/aromatic N) is 1. The number of amides is 1. The number of rotatable bonds is 3. The highest BCUT2D eigenvalue weighted by molar-refractivity contribution is 6.42. The van der Waals surface area contributed by atoms with Crippen molar-refractivity contribution in [3.8, 4) is 11.1 Å². The number of carbonyl (C=O) groups excluding carboxylic acids is 1. The maximum absolute atomic E-state index is 11.9. The molecule has 0 saturated carbocycles. The van der Waals surface area contributed by atoms with Crippen molar-refractivity contribution in [2.24, 2.45) is 0 Å². The van der Waals surface area contributed by atoms with Crippen LogP contribution in [0.25, 0.3) is 11.1 Å². The average Bonchev–Trinajstić information content (AvgIpc) is 3.06. The summed E-state index contributed by atoms with van der Waals surface area (Å²) in [6, 6.07) is 16.8. The number of halogens is 2. The van der Waals surface area contributed by atoms with Gasteiger partial charge in [-0.15, -0.1) is 0 Å². The Bertz CT molecular complexity index is 963. The Hall–Kier alpha value is -2.56. The lowest BCUT2D eigenvalue weighted by atomic mass is 9.95. The minimum atomic E-state index is -0.582. The number of aromatic nitrogens is 1. The number of hydrogen-bond acceptors (Lipinski definition) is 3. The maximum Gasteiger partial charge on any atom is 0.408 e. The standard InChI is InChI=1S/C20H14Cl2N2O2/c21-16-8-4-7-15(17(16)22)19-18(24-20(25)26-19)14-9-13(10-23-11-14)12-5-2-1-3-6-12/h1-11,18-19H,(H,24,25)/t18-,19+/m1/s1. The number of alkyl carbamates (subject to hydrolysis) is 1. The van der Waals surface area contributed by atoms with Gasteiger partial charge in [-0.05, 0) is 23.3 Å². The van der Waals surface area contributed by atoms with Crippen LogP contribution in [0.1, 0.15) is 23.3 Å². The summed E-state index contributed by atoms with van der Waals surface area (Å²) in [4.78, 5) is 16.3. The molecule has 1 aliphatic heterocycles. The molecule has 3 aromatic rings. The lowest BCUT2D eigenvalue weighted by Gasteiger charge is -2.19. The second-order valence-corrected chi connectivity index (χ2v) is 6.75. The van der Waals surface area contributed by atoms with E-state index in [4.69, 9.17) is 27.9 Å². The third-order valence-corrected chi connectivity index (χ3v) is 5.16. The van der Waals surface area contributed by atoms with E-state index in [0.717, 1.165) is 16.7 Å². The van der Waals surface area contributed by atoms with Crippen LogP contribution in [0.15, 0.2) is 67.0 Å². The van der Waals surface area contributed by atoms with E-state index in [2.05, 4.69) is 10.3 Å². The van der Waals surface area contributed by atoms with Crippen molar-refractivity contribution in [2.75, 3.05) is 0 Å². The Morgan fingerprint density at radius 1 is 0.962 bits per heavy atom. The third kappa shape index (κ3) is 3.14. The lowest BCUT2D eigenvalue weighted by Crippen LogP contribution is -2.20. The number of benzene rings is 2. The van der Waals surface area contributed by atoms with Gasteiger partial charge >= 0.3 is 6.09 Å². The van der Waals surface area contributed by atoms with E-state index in [1.807, 2.05) is 36.4 Å². The van der Waals surface area contributed by atoms with Crippen molar-refractivity contribution < 1.29 is 9.53 Å². The van der Waals surface area contributed by atoms with Gasteiger partial charge in [0.2, 0.25) is 0 Å². The topological polar surface area (TPSA) is 51.2 Å². The fourth-order valence-electron chi connectivity index (χ4n) is 3.08.